The molecule has 0 spiro atoms. The van der Waals surface area contributed by atoms with Gasteiger partial charge in [0.15, 0.2) is 6.04 Å². The summed E-state index contributed by atoms with van der Waals surface area (Å²) in [6.45, 7) is 0. The van der Waals surface area contributed by atoms with Crippen LogP contribution in [0.4, 0.5) is 0 Å². The van der Waals surface area contributed by atoms with E-state index in [1.165, 1.54) is 0 Å². The van der Waals surface area contributed by atoms with Crippen molar-refractivity contribution in [1.29, 1.82) is 0 Å². The number of carboxylic acid groups (broad SMARTS) is 1. The normalized spacial score (nSPS) is 13.9. The zero-order chi connectivity index (χ0) is 11.6. The number of carbonyl (C=O) groups is 1. The number of rotatable bonds is 4. The number of nitrogens with zero attached hydrogens (tertiary/aromatic N) is 3. The Morgan fingerprint density at radius 2 is 2.20 bits per heavy atom. The number of aromatic nitrogens is 2. The Morgan fingerprint density at radius 1 is 1.60 bits per heavy atom. The van der Waals surface area contributed by atoms with Gasteiger partial charge in [0.25, 0.3) is 0 Å². The van der Waals surface area contributed by atoms with Gasteiger partial charge in [0, 0.05) is 13.2 Å². The molecule has 0 unspecified atom stereocenters. The molecule has 0 bridgehead atoms. The minimum atomic E-state index is -0.784. The van der Waals surface area contributed by atoms with E-state index in [9.17, 15) is 4.79 Å². The maximum absolute atomic E-state index is 11.1. The first-order valence-corrected chi connectivity index (χ1v) is 4.81. The number of hydrogen-bond acceptors (Lipinski definition) is 2. The Labute approximate surface area is 89.6 Å². The summed E-state index contributed by atoms with van der Waals surface area (Å²) in [4.78, 5) is 15.2. The first-order chi connectivity index (χ1) is 6.80. The van der Waals surface area contributed by atoms with Gasteiger partial charge in [0.2, 0.25) is 0 Å². The third-order valence-corrected chi connectivity index (χ3v) is 2.38. The highest BCUT2D eigenvalue weighted by molar-refractivity contribution is 5.72. The van der Waals surface area contributed by atoms with Crippen molar-refractivity contribution in [2.75, 3.05) is 21.1 Å². The lowest BCUT2D eigenvalue weighted by molar-refractivity contribution is -0.887. The largest absolute Gasteiger partial charge is 0.477 e. The van der Waals surface area contributed by atoms with E-state index in [0.29, 0.717) is 10.9 Å². The van der Waals surface area contributed by atoms with Crippen LogP contribution >= 0.6 is 0 Å². The van der Waals surface area contributed by atoms with Gasteiger partial charge in [-0.1, -0.05) is 0 Å². The molecule has 15 heavy (non-hydrogen) atoms. The Hall–Kier alpha value is -1.36. The van der Waals surface area contributed by atoms with E-state index >= 15 is 0 Å². The predicted molar refractivity (Wildman–Crippen MR) is 56.4 cm³/mol. The SMILES string of the molecule is Cn1cnc(C[C@@H](C(=O)O)[N+](C)(C)C)c1. The smallest absolute Gasteiger partial charge is 0.362 e. The van der Waals surface area contributed by atoms with Crippen LogP contribution in [0.15, 0.2) is 12.5 Å². The van der Waals surface area contributed by atoms with Crippen LogP contribution in [0.1, 0.15) is 5.69 Å². The van der Waals surface area contributed by atoms with Crippen LogP contribution in [0.3, 0.4) is 0 Å². The molecule has 0 saturated heterocycles. The van der Waals surface area contributed by atoms with Crippen LogP contribution in [0.5, 0.6) is 0 Å². The van der Waals surface area contributed by atoms with Gasteiger partial charge in [0.1, 0.15) is 0 Å². The zero-order valence-electron chi connectivity index (χ0n) is 9.64. The van der Waals surface area contributed by atoms with Crippen molar-refractivity contribution < 1.29 is 14.4 Å². The molecule has 5 heteroatoms. The molecule has 1 heterocycles. The van der Waals surface area contributed by atoms with Crippen LogP contribution in [-0.4, -0.2) is 52.3 Å². The van der Waals surface area contributed by atoms with Gasteiger partial charge in [-0.2, -0.15) is 0 Å². The molecule has 84 valence electrons. The van der Waals surface area contributed by atoms with Crippen molar-refractivity contribution in [2.24, 2.45) is 7.05 Å². The third-order valence-electron chi connectivity index (χ3n) is 2.38. The molecular weight excluding hydrogens is 194 g/mol. The molecule has 1 aromatic heterocycles. The maximum Gasteiger partial charge on any atom is 0.362 e. The molecule has 0 saturated carbocycles. The van der Waals surface area contributed by atoms with Gasteiger partial charge in [-0.3, -0.25) is 0 Å². The molecule has 0 aliphatic heterocycles. The number of aliphatic carboxylic acids is 1. The highest BCUT2D eigenvalue weighted by atomic mass is 16.4. The summed E-state index contributed by atoms with van der Waals surface area (Å²) in [5, 5.41) is 9.13. The van der Waals surface area contributed by atoms with E-state index in [-0.39, 0.29) is 0 Å². The Morgan fingerprint density at radius 3 is 2.53 bits per heavy atom. The van der Waals surface area contributed by atoms with Crippen molar-refractivity contribution in [3.8, 4) is 0 Å². The molecule has 0 fully saturated rings. The standard InChI is InChI=1S/C10H17N3O2/c1-12-6-8(11-7-12)5-9(10(14)15)13(2,3)4/h6-7,9H,5H2,1-4H3/p+1/t9-/m0/s1. The highest BCUT2D eigenvalue weighted by Gasteiger charge is 2.31. The van der Waals surface area contributed by atoms with Gasteiger partial charge in [-0.25, -0.2) is 9.78 Å². The number of aryl methyl sites for hydroxylation is 1. The van der Waals surface area contributed by atoms with E-state index in [1.807, 2.05) is 39.0 Å². The van der Waals surface area contributed by atoms with Crippen molar-refractivity contribution in [2.45, 2.75) is 12.5 Å². The lowest BCUT2D eigenvalue weighted by Crippen LogP contribution is -2.51. The first kappa shape index (κ1) is 11.7. The number of hydrogen-bond donors (Lipinski definition) is 1. The number of quaternary nitrogens is 1. The monoisotopic (exact) mass is 212 g/mol. The summed E-state index contributed by atoms with van der Waals surface area (Å²) in [7, 11) is 7.50. The third kappa shape index (κ3) is 3.06. The van der Waals surface area contributed by atoms with E-state index in [0.717, 1.165) is 5.69 Å². The molecule has 0 amide bonds. The minimum Gasteiger partial charge on any atom is -0.477 e. The molecular formula is C10H18N3O2+. The van der Waals surface area contributed by atoms with Gasteiger partial charge >= 0.3 is 5.97 Å². The van der Waals surface area contributed by atoms with Crippen LogP contribution in [0.25, 0.3) is 0 Å². The van der Waals surface area contributed by atoms with E-state index in [2.05, 4.69) is 4.98 Å². The van der Waals surface area contributed by atoms with Crippen LogP contribution in [0, 0.1) is 0 Å². The topological polar surface area (TPSA) is 55.1 Å². The number of likely N-dealkylation sites (N-methyl/N-ethyl adjacent to an activating group) is 1. The fraction of sp³-hybridized carbons (Fsp3) is 0.600. The molecule has 0 radical (unpaired) electrons. The van der Waals surface area contributed by atoms with Crippen molar-refractivity contribution in [1.82, 2.24) is 9.55 Å². The fourth-order valence-electron chi connectivity index (χ4n) is 1.46. The van der Waals surface area contributed by atoms with Gasteiger partial charge in [0.05, 0.1) is 39.6 Å². The van der Waals surface area contributed by atoms with Crippen LogP contribution < -0.4 is 0 Å². The molecule has 1 atom stereocenters. The molecule has 0 aliphatic rings. The second-order valence-corrected chi connectivity index (χ2v) is 4.70. The maximum atomic E-state index is 11.1. The van der Waals surface area contributed by atoms with Crippen LogP contribution in [0.2, 0.25) is 0 Å². The van der Waals surface area contributed by atoms with Gasteiger partial charge in [-0.05, 0) is 0 Å². The quantitative estimate of drug-likeness (QED) is 0.721. The summed E-state index contributed by atoms with van der Waals surface area (Å²) >= 11 is 0. The zero-order valence-corrected chi connectivity index (χ0v) is 9.64. The minimum absolute atomic E-state index is 0.395. The second-order valence-electron chi connectivity index (χ2n) is 4.70. The summed E-state index contributed by atoms with van der Waals surface area (Å²) < 4.78 is 2.22. The average molecular weight is 212 g/mol. The summed E-state index contributed by atoms with van der Waals surface area (Å²) in [5.74, 6) is -0.784. The molecule has 1 rings (SSSR count). The van der Waals surface area contributed by atoms with Crippen molar-refractivity contribution in [3.05, 3.63) is 18.2 Å². The van der Waals surface area contributed by atoms with Gasteiger partial charge < -0.3 is 14.2 Å². The van der Waals surface area contributed by atoms with E-state index in [1.54, 1.807) is 6.33 Å². The van der Waals surface area contributed by atoms with E-state index in [4.69, 9.17) is 5.11 Å². The molecule has 5 nitrogen and oxygen atoms in total. The second kappa shape index (κ2) is 4.02. The predicted octanol–water partition coefficient (Wildman–Crippen LogP) is 0.122. The highest BCUT2D eigenvalue weighted by Crippen LogP contribution is 2.10. The number of carboxylic acids is 1. The van der Waals surface area contributed by atoms with E-state index < -0.39 is 12.0 Å². The molecule has 0 aliphatic carbocycles. The Kier molecular flexibility index (Phi) is 3.14. The average Bonchev–Trinajstić information content (AvgIpc) is 2.44. The van der Waals surface area contributed by atoms with Gasteiger partial charge in [-0.15, -0.1) is 0 Å². The lowest BCUT2D eigenvalue weighted by Gasteiger charge is -2.30. The van der Waals surface area contributed by atoms with Crippen molar-refractivity contribution >= 4 is 5.97 Å². The fourth-order valence-corrected chi connectivity index (χ4v) is 1.46. The first-order valence-electron chi connectivity index (χ1n) is 4.81. The number of imidazole rings is 1. The molecule has 0 aromatic carbocycles. The molecule has 1 aromatic rings. The van der Waals surface area contributed by atoms with Crippen molar-refractivity contribution in [3.63, 3.8) is 0 Å². The summed E-state index contributed by atoms with van der Waals surface area (Å²) in [6.07, 6.45) is 4.00. The molecule has 1 N–H and O–H groups in total. The van der Waals surface area contributed by atoms with Crippen LogP contribution in [-0.2, 0) is 18.3 Å². The Bertz CT molecular complexity index is 352. The summed E-state index contributed by atoms with van der Waals surface area (Å²) in [6, 6.07) is -0.458. The lowest BCUT2D eigenvalue weighted by atomic mass is 10.1. The Balaban J connectivity index is 2.81. The summed E-state index contributed by atoms with van der Waals surface area (Å²) in [5.41, 5.74) is 0.818.